The quantitative estimate of drug-likeness (QED) is 0.496. The number of rotatable bonds is 3. The van der Waals surface area contributed by atoms with Crippen molar-refractivity contribution in [3.8, 4) is 5.75 Å². The molecule has 1 saturated heterocycles. The molecular formula is C11H13NO7. The lowest BCUT2D eigenvalue weighted by molar-refractivity contribution is -0.384. The van der Waals surface area contributed by atoms with Crippen LogP contribution in [0.2, 0.25) is 0 Å². The number of hydrogen-bond acceptors (Lipinski definition) is 7. The van der Waals surface area contributed by atoms with Crippen molar-refractivity contribution in [2.45, 2.75) is 24.6 Å². The molecule has 3 N–H and O–H groups in total. The molecule has 0 saturated carbocycles. The van der Waals surface area contributed by atoms with Gasteiger partial charge in [0.1, 0.15) is 24.1 Å². The van der Waals surface area contributed by atoms with Crippen LogP contribution in [0.1, 0.15) is 0 Å². The number of aliphatic hydroxyl groups excluding tert-OH is 3. The van der Waals surface area contributed by atoms with Crippen LogP contribution in [0.5, 0.6) is 5.75 Å². The number of non-ortho nitro benzene ring substituents is 1. The molecule has 0 radical (unpaired) electrons. The van der Waals surface area contributed by atoms with Crippen molar-refractivity contribution in [2.24, 2.45) is 0 Å². The Bertz CT molecular complexity index is 449. The molecule has 19 heavy (non-hydrogen) atoms. The first kappa shape index (κ1) is 13.7. The van der Waals surface area contributed by atoms with Gasteiger partial charge in [0.25, 0.3) is 5.69 Å². The molecule has 1 fully saturated rings. The zero-order valence-electron chi connectivity index (χ0n) is 9.75. The fourth-order valence-corrected chi connectivity index (χ4v) is 1.66. The molecule has 1 aromatic rings. The second-order valence-corrected chi connectivity index (χ2v) is 4.12. The van der Waals surface area contributed by atoms with Gasteiger partial charge in [0.2, 0.25) is 6.29 Å². The normalized spacial score (nSPS) is 30.9. The van der Waals surface area contributed by atoms with Gasteiger partial charge in [0.05, 0.1) is 11.5 Å². The molecule has 8 nitrogen and oxygen atoms in total. The van der Waals surface area contributed by atoms with E-state index in [4.69, 9.17) is 9.47 Å². The zero-order chi connectivity index (χ0) is 14.0. The maximum absolute atomic E-state index is 10.5. The lowest BCUT2D eigenvalue weighted by Gasteiger charge is -2.34. The third-order valence-electron chi connectivity index (χ3n) is 2.75. The van der Waals surface area contributed by atoms with Gasteiger partial charge >= 0.3 is 0 Å². The summed E-state index contributed by atoms with van der Waals surface area (Å²) < 4.78 is 10.3. The van der Waals surface area contributed by atoms with Crippen LogP contribution in [-0.4, -0.2) is 51.5 Å². The summed E-state index contributed by atoms with van der Waals surface area (Å²) in [5.41, 5.74) is -0.0899. The highest BCUT2D eigenvalue weighted by atomic mass is 16.7. The van der Waals surface area contributed by atoms with Crippen LogP contribution in [0, 0.1) is 10.1 Å². The Balaban J connectivity index is 2.03. The Morgan fingerprint density at radius 1 is 1.21 bits per heavy atom. The molecule has 1 aliphatic heterocycles. The van der Waals surface area contributed by atoms with Gasteiger partial charge in [-0.1, -0.05) is 0 Å². The van der Waals surface area contributed by atoms with Gasteiger partial charge in [-0.05, 0) is 12.1 Å². The smallest absolute Gasteiger partial charge is 0.269 e. The predicted octanol–water partition coefficient (Wildman–Crippen LogP) is -0.587. The number of aliphatic hydroxyl groups is 3. The van der Waals surface area contributed by atoms with Crippen LogP contribution >= 0.6 is 0 Å². The van der Waals surface area contributed by atoms with Crippen LogP contribution in [0.4, 0.5) is 5.69 Å². The molecule has 1 aromatic carbocycles. The average molecular weight is 271 g/mol. The summed E-state index contributed by atoms with van der Waals surface area (Å²) >= 11 is 0. The summed E-state index contributed by atoms with van der Waals surface area (Å²) in [6, 6.07) is 5.20. The highest BCUT2D eigenvalue weighted by Gasteiger charge is 2.38. The number of benzene rings is 1. The fraction of sp³-hybridized carbons (Fsp3) is 0.455. The number of hydrogen-bond donors (Lipinski definition) is 3. The van der Waals surface area contributed by atoms with Gasteiger partial charge in [-0.3, -0.25) is 10.1 Å². The standard InChI is InChI=1S/C11H13NO7/c13-8-5-18-11(10(15)9(8)14)19-7-3-1-6(2-4-7)12(16)17/h1-4,8-11,13-15H,5H2/t8-,9+,10+,11-/m0/s1. The molecule has 2 rings (SSSR count). The molecular weight excluding hydrogens is 258 g/mol. The van der Waals surface area contributed by atoms with Crippen LogP contribution < -0.4 is 4.74 Å². The predicted molar refractivity (Wildman–Crippen MR) is 61.5 cm³/mol. The summed E-state index contributed by atoms with van der Waals surface area (Å²) in [7, 11) is 0. The van der Waals surface area contributed by atoms with Crippen LogP contribution in [-0.2, 0) is 4.74 Å². The van der Waals surface area contributed by atoms with Crippen molar-refractivity contribution in [2.75, 3.05) is 6.61 Å². The van der Waals surface area contributed by atoms with Gasteiger partial charge in [-0.15, -0.1) is 0 Å². The van der Waals surface area contributed by atoms with Gasteiger partial charge in [0.15, 0.2) is 0 Å². The van der Waals surface area contributed by atoms with Gasteiger partial charge in [0, 0.05) is 12.1 Å². The Labute approximate surface area is 108 Å². The van der Waals surface area contributed by atoms with E-state index in [1.165, 1.54) is 24.3 Å². The van der Waals surface area contributed by atoms with Crippen LogP contribution in [0.25, 0.3) is 0 Å². The van der Waals surface area contributed by atoms with Crippen molar-refractivity contribution in [1.29, 1.82) is 0 Å². The molecule has 8 heteroatoms. The van der Waals surface area contributed by atoms with E-state index < -0.39 is 29.5 Å². The number of ether oxygens (including phenoxy) is 2. The van der Waals surface area contributed by atoms with E-state index in [2.05, 4.69) is 0 Å². The number of nitro groups is 1. The molecule has 1 aliphatic rings. The second kappa shape index (κ2) is 5.49. The molecule has 104 valence electrons. The van der Waals surface area contributed by atoms with Crippen LogP contribution in [0.15, 0.2) is 24.3 Å². The Hall–Kier alpha value is -1.74. The number of nitrogens with zero attached hydrogens (tertiary/aromatic N) is 1. The molecule has 0 aliphatic carbocycles. The summed E-state index contributed by atoms with van der Waals surface area (Å²) in [4.78, 5) is 9.93. The minimum absolute atomic E-state index is 0.0899. The van der Waals surface area contributed by atoms with E-state index in [9.17, 15) is 25.4 Å². The Kier molecular flexibility index (Phi) is 3.96. The highest BCUT2D eigenvalue weighted by Crippen LogP contribution is 2.22. The summed E-state index contributed by atoms with van der Waals surface area (Å²) in [6.07, 6.45) is -5.08. The SMILES string of the molecule is O=[N+]([O-])c1ccc(O[C@@H]2OC[C@H](O)[C@@H](O)[C@H]2O)cc1. The van der Waals surface area contributed by atoms with Crippen molar-refractivity contribution < 1.29 is 29.7 Å². The van der Waals surface area contributed by atoms with E-state index >= 15 is 0 Å². The van der Waals surface area contributed by atoms with Gasteiger partial charge in [-0.25, -0.2) is 0 Å². The minimum Gasteiger partial charge on any atom is -0.462 e. The summed E-state index contributed by atoms with van der Waals surface area (Å²) in [5.74, 6) is 0.248. The van der Waals surface area contributed by atoms with E-state index in [1.807, 2.05) is 0 Å². The monoisotopic (exact) mass is 271 g/mol. The maximum atomic E-state index is 10.5. The van der Waals surface area contributed by atoms with Crippen molar-refractivity contribution in [1.82, 2.24) is 0 Å². The lowest BCUT2D eigenvalue weighted by atomic mass is 10.1. The third-order valence-corrected chi connectivity index (χ3v) is 2.75. The zero-order valence-corrected chi connectivity index (χ0v) is 9.75. The van der Waals surface area contributed by atoms with E-state index in [0.29, 0.717) is 0 Å². The van der Waals surface area contributed by atoms with Crippen molar-refractivity contribution >= 4 is 5.69 Å². The van der Waals surface area contributed by atoms with Crippen LogP contribution in [0.3, 0.4) is 0 Å². The first-order valence-electron chi connectivity index (χ1n) is 5.56. The molecule has 1 heterocycles. The second-order valence-electron chi connectivity index (χ2n) is 4.12. The first-order chi connectivity index (χ1) is 8.99. The molecule has 0 aromatic heterocycles. The van der Waals surface area contributed by atoms with Crippen molar-refractivity contribution in [3.05, 3.63) is 34.4 Å². The molecule has 0 unspecified atom stereocenters. The van der Waals surface area contributed by atoms with E-state index in [0.717, 1.165) is 0 Å². The molecule has 0 amide bonds. The molecule has 0 spiro atoms. The topological polar surface area (TPSA) is 122 Å². The Morgan fingerprint density at radius 3 is 2.42 bits per heavy atom. The first-order valence-corrected chi connectivity index (χ1v) is 5.56. The fourth-order valence-electron chi connectivity index (χ4n) is 1.66. The van der Waals surface area contributed by atoms with Gasteiger partial charge in [-0.2, -0.15) is 0 Å². The number of nitro benzene ring substituents is 1. The van der Waals surface area contributed by atoms with Gasteiger partial charge < -0.3 is 24.8 Å². The van der Waals surface area contributed by atoms with E-state index in [1.54, 1.807) is 0 Å². The average Bonchev–Trinajstić information content (AvgIpc) is 2.40. The van der Waals surface area contributed by atoms with E-state index in [-0.39, 0.29) is 18.0 Å². The third kappa shape index (κ3) is 2.99. The van der Waals surface area contributed by atoms with Crippen molar-refractivity contribution in [3.63, 3.8) is 0 Å². The minimum atomic E-state index is -1.40. The molecule has 4 atom stereocenters. The lowest BCUT2D eigenvalue weighted by Crippen LogP contribution is -2.54. The summed E-state index contributed by atoms with van der Waals surface area (Å²) in [6.45, 7) is -0.171. The highest BCUT2D eigenvalue weighted by molar-refractivity contribution is 5.36. The molecule has 0 bridgehead atoms. The largest absolute Gasteiger partial charge is 0.462 e. The maximum Gasteiger partial charge on any atom is 0.269 e. The summed E-state index contributed by atoms with van der Waals surface area (Å²) in [5, 5.41) is 38.8. The Morgan fingerprint density at radius 2 is 1.84 bits per heavy atom.